The Balaban J connectivity index is 1.24. The van der Waals surface area contributed by atoms with Gasteiger partial charge < -0.3 is 10.1 Å². The van der Waals surface area contributed by atoms with Crippen molar-refractivity contribution < 1.29 is 4.74 Å². The fourth-order valence-corrected chi connectivity index (χ4v) is 3.40. The van der Waals surface area contributed by atoms with Gasteiger partial charge in [-0.1, -0.05) is 0 Å². The highest BCUT2D eigenvalue weighted by molar-refractivity contribution is 5.11. The predicted molar refractivity (Wildman–Crippen MR) is 90.6 cm³/mol. The van der Waals surface area contributed by atoms with E-state index in [0.717, 1.165) is 38.4 Å². The van der Waals surface area contributed by atoms with Crippen molar-refractivity contribution in [2.75, 3.05) is 19.7 Å². The summed E-state index contributed by atoms with van der Waals surface area (Å²) in [5.74, 6) is 2.16. The van der Waals surface area contributed by atoms with Crippen LogP contribution in [0.2, 0.25) is 0 Å². The molecule has 0 radical (unpaired) electrons. The summed E-state index contributed by atoms with van der Waals surface area (Å²) in [6.07, 6.45) is 10.5. The SMILES string of the molecule is Cn1nccc1[C@@H]1OCC[C@H]1CNCCc1cnc(C2CC2)nc1. The fourth-order valence-electron chi connectivity index (χ4n) is 3.40. The summed E-state index contributed by atoms with van der Waals surface area (Å²) in [5, 5.41) is 7.83. The molecule has 2 aromatic heterocycles. The minimum atomic E-state index is 0.158. The Bertz CT molecular complexity index is 664. The van der Waals surface area contributed by atoms with Gasteiger partial charge >= 0.3 is 0 Å². The molecule has 2 aromatic rings. The zero-order valence-corrected chi connectivity index (χ0v) is 14.2. The van der Waals surface area contributed by atoms with E-state index in [1.165, 1.54) is 24.1 Å². The van der Waals surface area contributed by atoms with Crippen molar-refractivity contribution >= 4 is 0 Å². The lowest BCUT2D eigenvalue weighted by atomic mass is 9.99. The van der Waals surface area contributed by atoms with Gasteiger partial charge in [0.25, 0.3) is 0 Å². The maximum Gasteiger partial charge on any atom is 0.131 e. The first-order chi connectivity index (χ1) is 11.8. The molecule has 2 atom stereocenters. The van der Waals surface area contributed by atoms with Crippen molar-refractivity contribution in [3.63, 3.8) is 0 Å². The van der Waals surface area contributed by atoms with Crippen molar-refractivity contribution in [1.29, 1.82) is 0 Å². The molecule has 1 aliphatic carbocycles. The minimum Gasteiger partial charge on any atom is -0.372 e. The molecule has 0 aromatic carbocycles. The summed E-state index contributed by atoms with van der Waals surface area (Å²) in [7, 11) is 1.98. The van der Waals surface area contributed by atoms with Gasteiger partial charge in [-0.25, -0.2) is 9.97 Å². The van der Waals surface area contributed by atoms with Crippen molar-refractivity contribution in [2.24, 2.45) is 13.0 Å². The van der Waals surface area contributed by atoms with Gasteiger partial charge in [-0.2, -0.15) is 5.10 Å². The molecule has 0 bridgehead atoms. The second-order valence-corrected chi connectivity index (χ2v) is 6.90. The monoisotopic (exact) mass is 327 g/mol. The van der Waals surface area contributed by atoms with E-state index < -0.39 is 0 Å². The molecule has 2 fully saturated rings. The van der Waals surface area contributed by atoms with Gasteiger partial charge in [0.1, 0.15) is 11.9 Å². The van der Waals surface area contributed by atoms with Crippen LogP contribution < -0.4 is 5.32 Å². The largest absolute Gasteiger partial charge is 0.372 e. The molecule has 1 N–H and O–H groups in total. The van der Waals surface area contributed by atoms with E-state index in [4.69, 9.17) is 4.74 Å². The second kappa shape index (κ2) is 6.99. The topological polar surface area (TPSA) is 64.9 Å². The first kappa shape index (κ1) is 15.7. The number of ether oxygens (including phenoxy) is 1. The van der Waals surface area contributed by atoms with Gasteiger partial charge in [0, 0.05) is 50.6 Å². The number of nitrogens with one attached hydrogen (secondary N) is 1. The number of aromatic nitrogens is 4. The standard InChI is InChI=1S/C18H25N5O/c1-23-16(5-8-22-23)17-15(6-9-24-17)12-19-7-4-13-10-20-18(21-11-13)14-2-3-14/h5,8,10-11,14-15,17,19H,2-4,6-7,9,12H2,1H3/t15-,17+/m0/s1. The van der Waals surface area contributed by atoms with Crippen molar-refractivity contribution in [3.05, 3.63) is 41.7 Å². The zero-order chi connectivity index (χ0) is 16.4. The lowest BCUT2D eigenvalue weighted by molar-refractivity contribution is 0.0839. The molecule has 0 spiro atoms. The Morgan fingerprint density at radius 3 is 2.79 bits per heavy atom. The Morgan fingerprint density at radius 1 is 1.25 bits per heavy atom. The number of hydrogen-bond acceptors (Lipinski definition) is 5. The van der Waals surface area contributed by atoms with Crippen LogP contribution in [0.5, 0.6) is 0 Å². The summed E-state index contributed by atoms with van der Waals surface area (Å²) >= 11 is 0. The smallest absolute Gasteiger partial charge is 0.131 e. The summed E-state index contributed by atoms with van der Waals surface area (Å²) in [6, 6.07) is 2.06. The van der Waals surface area contributed by atoms with Crippen LogP contribution in [0.25, 0.3) is 0 Å². The predicted octanol–water partition coefficient (Wildman–Crippen LogP) is 2.00. The summed E-state index contributed by atoms with van der Waals surface area (Å²) < 4.78 is 7.85. The number of nitrogens with zero attached hydrogens (tertiary/aromatic N) is 4. The summed E-state index contributed by atoms with van der Waals surface area (Å²) in [6.45, 7) is 2.75. The fraction of sp³-hybridized carbons (Fsp3) is 0.611. The third-order valence-electron chi connectivity index (χ3n) is 5.03. The van der Waals surface area contributed by atoms with Crippen LogP contribution >= 0.6 is 0 Å². The normalized spacial score (nSPS) is 23.7. The molecule has 3 heterocycles. The first-order valence-corrected chi connectivity index (χ1v) is 8.92. The van der Waals surface area contributed by atoms with Crippen LogP contribution in [-0.4, -0.2) is 39.4 Å². The van der Waals surface area contributed by atoms with Gasteiger partial charge in [-0.3, -0.25) is 4.68 Å². The Kier molecular flexibility index (Phi) is 4.58. The van der Waals surface area contributed by atoms with Crippen molar-refractivity contribution in [2.45, 2.75) is 37.7 Å². The van der Waals surface area contributed by atoms with Crippen LogP contribution in [0.4, 0.5) is 0 Å². The lowest BCUT2D eigenvalue weighted by Crippen LogP contribution is -2.27. The van der Waals surface area contributed by atoms with E-state index in [9.17, 15) is 0 Å². The van der Waals surface area contributed by atoms with E-state index in [1.807, 2.05) is 30.3 Å². The van der Waals surface area contributed by atoms with E-state index in [0.29, 0.717) is 11.8 Å². The molecule has 1 saturated heterocycles. The average molecular weight is 327 g/mol. The quantitative estimate of drug-likeness (QED) is 0.788. The Hall–Kier alpha value is -1.79. The maximum atomic E-state index is 5.93. The molecule has 6 heteroatoms. The van der Waals surface area contributed by atoms with Gasteiger partial charge in [-0.05, 0) is 43.9 Å². The second-order valence-electron chi connectivity index (χ2n) is 6.90. The maximum absolute atomic E-state index is 5.93. The number of aryl methyl sites for hydroxylation is 1. The van der Waals surface area contributed by atoms with E-state index in [1.54, 1.807) is 0 Å². The molecular formula is C18H25N5O. The van der Waals surface area contributed by atoms with Gasteiger partial charge in [-0.15, -0.1) is 0 Å². The molecule has 0 amide bonds. The van der Waals surface area contributed by atoms with Crippen LogP contribution in [0.1, 0.15) is 48.4 Å². The average Bonchev–Trinajstić information content (AvgIpc) is 3.21. The zero-order valence-electron chi connectivity index (χ0n) is 14.2. The first-order valence-electron chi connectivity index (χ1n) is 8.92. The molecule has 1 aliphatic heterocycles. The molecule has 6 nitrogen and oxygen atoms in total. The Morgan fingerprint density at radius 2 is 2.08 bits per heavy atom. The van der Waals surface area contributed by atoms with Gasteiger partial charge in [0.05, 0.1) is 5.69 Å². The van der Waals surface area contributed by atoms with Crippen LogP contribution in [0, 0.1) is 5.92 Å². The summed E-state index contributed by atoms with van der Waals surface area (Å²) in [5.41, 5.74) is 2.38. The van der Waals surface area contributed by atoms with Crippen molar-refractivity contribution in [1.82, 2.24) is 25.1 Å². The third-order valence-corrected chi connectivity index (χ3v) is 5.03. The number of hydrogen-bond donors (Lipinski definition) is 1. The van der Waals surface area contributed by atoms with Crippen LogP contribution in [0.15, 0.2) is 24.7 Å². The molecule has 0 unspecified atom stereocenters. The highest BCUT2D eigenvalue weighted by Gasteiger charge is 2.31. The van der Waals surface area contributed by atoms with E-state index in [-0.39, 0.29) is 6.10 Å². The molecule has 2 aliphatic rings. The highest BCUT2D eigenvalue weighted by Crippen LogP contribution is 2.37. The summed E-state index contributed by atoms with van der Waals surface area (Å²) in [4.78, 5) is 8.97. The molecule has 128 valence electrons. The van der Waals surface area contributed by atoms with Gasteiger partial charge in [0.2, 0.25) is 0 Å². The van der Waals surface area contributed by atoms with E-state index in [2.05, 4.69) is 26.4 Å². The number of rotatable bonds is 7. The van der Waals surface area contributed by atoms with Crippen LogP contribution in [-0.2, 0) is 18.2 Å². The Labute approximate surface area is 142 Å². The van der Waals surface area contributed by atoms with E-state index >= 15 is 0 Å². The lowest BCUT2D eigenvalue weighted by Gasteiger charge is -2.19. The molecule has 1 saturated carbocycles. The molecule has 24 heavy (non-hydrogen) atoms. The minimum absolute atomic E-state index is 0.158. The molecular weight excluding hydrogens is 302 g/mol. The molecule has 4 rings (SSSR count). The third kappa shape index (κ3) is 3.49. The van der Waals surface area contributed by atoms with Gasteiger partial charge in [0.15, 0.2) is 0 Å². The highest BCUT2D eigenvalue weighted by atomic mass is 16.5. The van der Waals surface area contributed by atoms with Crippen molar-refractivity contribution in [3.8, 4) is 0 Å². The van der Waals surface area contributed by atoms with Crippen LogP contribution in [0.3, 0.4) is 0 Å².